The molecular formula is C20H40NNaO8S. The van der Waals surface area contributed by atoms with Crippen molar-refractivity contribution < 1.29 is 67.5 Å². The van der Waals surface area contributed by atoms with Crippen LogP contribution in [0.1, 0.15) is 85.5 Å². The molecule has 180 valence electrons. The Balaban J connectivity index is -0.00000253. The molecule has 0 aromatic carbocycles. The van der Waals surface area contributed by atoms with Crippen molar-refractivity contribution in [3.63, 3.8) is 0 Å². The molecule has 11 heteroatoms. The Kier molecular flexibility index (Phi) is 24.6. The fraction of sp³-hybridized carbons (Fsp3) is 0.900. The van der Waals surface area contributed by atoms with Gasteiger partial charge < -0.3 is 25.1 Å². The third-order valence-corrected chi connectivity index (χ3v) is 6.05. The van der Waals surface area contributed by atoms with Crippen molar-refractivity contribution in [2.75, 3.05) is 13.2 Å². The number of carbonyl (C=O) groups is 2. The minimum atomic E-state index is -5.01. The number of hydrogen-bond donors (Lipinski definition) is 1. The number of esters is 2. The molecule has 31 heavy (non-hydrogen) atoms. The van der Waals surface area contributed by atoms with Gasteiger partial charge in [-0.3, -0.25) is 9.59 Å². The van der Waals surface area contributed by atoms with Gasteiger partial charge in [0, 0.05) is 0 Å². The van der Waals surface area contributed by atoms with Crippen molar-refractivity contribution in [1.29, 1.82) is 0 Å². The molecule has 3 unspecified atom stereocenters. The Morgan fingerprint density at radius 3 is 1.65 bits per heavy atom. The van der Waals surface area contributed by atoms with Crippen LogP contribution in [-0.2, 0) is 29.2 Å². The van der Waals surface area contributed by atoms with E-state index < -0.39 is 33.7 Å². The maximum atomic E-state index is 12.1. The summed E-state index contributed by atoms with van der Waals surface area (Å²) in [6.45, 7) is 8.26. The van der Waals surface area contributed by atoms with Crippen LogP contribution >= 0.6 is 0 Å². The van der Waals surface area contributed by atoms with Crippen LogP contribution in [0.15, 0.2) is 0 Å². The monoisotopic (exact) mass is 477 g/mol. The normalized spacial score (nSPS) is 13.6. The van der Waals surface area contributed by atoms with Crippen LogP contribution in [0.4, 0.5) is 0 Å². The first kappa shape index (κ1) is 35.4. The van der Waals surface area contributed by atoms with Crippen LogP contribution in [0.3, 0.4) is 0 Å². The summed E-state index contributed by atoms with van der Waals surface area (Å²) in [6.07, 6.45) is 6.58. The maximum Gasteiger partial charge on any atom is 1.00 e. The van der Waals surface area contributed by atoms with Crippen LogP contribution in [0.2, 0.25) is 0 Å². The van der Waals surface area contributed by atoms with E-state index >= 15 is 0 Å². The van der Waals surface area contributed by atoms with Crippen molar-refractivity contribution in [3.8, 4) is 0 Å². The maximum absolute atomic E-state index is 12.1. The molecule has 0 bridgehead atoms. The van der Waals surface area contributed by atoms with E-state index in [1.165, 1.54) is 0 Å². The Morgan fingerprint density at radius 1 is 0.871 bits per heavy atom. The quantitative estimate of drug-likeness (QED) is 0.135. The zero-order valence-corrected chi connectivity index (χ0v) is 22.7. The van der Waals surface area contributed by atoms with Crippen LogP contribution < -0.4 is 35.5 Å². The van der Waals surface area contributed by atoms with E-state index in [0.29, 0.717) is 0 Å². The van der Waals surface area contributed by atoms with Crippen molar-refractivity contribution in [2.24, 2.45) is 11.8 Å². The van der Waals surface area contributed by atoms with Gasteiger partial charge in [-0.05, 0) is 24.7 Å². The summed E-state index contributed by atoms with van der Waals surface area (Å²) in [7, 11) is -5.01. The SMILES string of the molecule is CCCCC(CC)COC(=O)CC(C(=O)OCC(CC)CCCC)S(=O)(=O)[O-].[NH3+][O-].[Na+]. The van der Waals surface area contributed by atoms with Crippen LogP contribution in [0, 0.1) is 17.0 Å². The summed E-state index contributed by atoms with van der Waals surface area (Å²) in [5.74, 6) is 0.256. The molecule has 0 radical (unpaired) electrons. The number of hydrogen-bond acceptors (Lipinski definition) is 8. The number of quaternary nitrogens is 1. The molecule has 0 heterocycles. The Bertz CT molecular complexity index is 559. The molecule has 0 aliphatic rings. The first-order chi connectivity index (χ1) is 14.2. The summed E-state index contributed by atoms with van der Waals surface area (Å²) in [5, 5.41) is 5.94. The van der Waals surface area contributed by atoms with Crippen molar-refractivity contribution in [2.45, 2.75) is 90.7 Å². The van der Waals surface area contributed by atoms with Crippen LogP contribution in [0.5, 0.6) is 0 Å². The second-order valence-corrected chi connectivity index (χ2v) is 8.89. The Hall–Kier alpha value is -0.230. The van der Waals surface area contributed by atoms with E-state index in [9.17, 15) is 22.6 Å². The number of rotatable bonds is 16. The molecule has 0 spiro atoms. The molecule has 0 saturated carbocycles. The molecule has 3 atom stereocenters. The van der Waals surface area contributed by atoms with E-state index in [1.807, 2.05) is 19.7 Å². The van der Waals surface area contributed by atoms with Gasteiger partial charge in [-0.1, -0.05) is 66.2 Å². The van der Waals surface area contributed by atoms with Crippen LogP contribution in [-0.4, -0.2) is 43.4 Å². The molecule has 0 aromatic rings. The Labute approximate surface area is 209 Å². The van der Waals surface area contributed by atoms with Gasteiger partial charge in [0.1, 0.15) is 10.1 Å². The van der Waals surface area contributed by atoms with E-state index in [1.54, 1.807) is 0 Å². The summed E-state index contributed by atoms with van der Waals surface area (Å²) < 4.78 is 44.6. The zero-order valence-electron chi connectivity index (χ0n) is 19.9. The molecular weight excluding hydrogens is 437 g/mol. The average Bonchev–Trinajstić information content (AvgIpc) is 2.72. The molecule has 0 rings (SSSR count). The van der Waals surface area contributed by atoms with E-state index in [0.717, 1.165) is 51.4 Å². The predicted molar refractivity (Wildman–Crippen MR) is 113 cm³/mol. The van der Waals surface area contributed by atoms with Gasteiger partial charge in [-0.2, -0.15) is 0 Å². The van der Waals surface area contributed by atoms with Gasteiger partial charge in [-0.25, -0.2) is 8.42 Å². The second-order valence-electron chi connectivity index (χ2n) is 7.33. The summed E-state index contributed by atoms with van der Waals surface area (Å²) in [6, 6.07) is 0. The van der Waals surface area contributed by atoms with Crippen molar-refractivity contribution in [3.05, 3.63) is 5.21 Å². The first-order valence-electron chi connectivity index (χ1n) is 10.7. The Morgan fingerprint density at radius 2 is 1.29 bits per heavy atom. The number of unbranched alkanes of at least 4 members (excludes halogenated alkanes) is 2. The van der Waals surface area contributed by atoms with Gasteiger partial charge in [0.05, 0.1) is 19.6 Å². The topological polar surface area (TPSA) is 160 Å². The van der Waals surface area contributed by atoms with E-state index in [2.05, 4.69) is 13.8 Å². The van der Waals surface area contributed by atoms with Gasteiger partial charge in [0.2, 0.25) is 0 Å². The van der Waals surface area contributed by atoms with Crippen molar-refractivity contribution in [1.82, 2.24) is 0 Å². The zero-order chi connectivity index (χ0) is 23.6. The van der Waals surface area contributed by atoms with Gasteiger partial charge in [0.15, 0.2) is 5.25 Å². The molecule has 3 N–H and O–H groups in total. The molecule has 0 aromatic heterocycles. The summed E-state index contributed by atoms with van der Waals surface area (Å²) in [4.78, 5) is 24.1. The summed E-state index contributed by atoms with van der Waals surface area (Å²) in [5.41, 5.74) is 0. The summed E-state index contributed by atoms with van der Waals surface area (Å²) >= 11 is 0. The standard InChI is InChI=1S/C20H38O7S.H3NO.Na/c1-5-9-11-16(7-3)14-26-19(21)13-18(28(23,24)25)20(22)27-15-17(8-4)12-10-6-2;1-2;/h16-18H,5-15H2,1-4H3,(H,23,24,25);1H3;/q;;+1/p-1. The van der Waals surface area contributed by atoms with Gasteiger partial charge >= 0.3 is 41.5 Å². The third kappa shape index (κ3) is 17.9. The smallest absolute Gasteiger partial charge is 0.747 e. The van der Waals surface area contributed by atoms with E-state index in [4.69, 9.17) is 14.7 Å². The molecule has 0 aliphatic carbocycles. The molecule has 9 nitrogen and oxygen atoms in total. The predicted octanol–water partition coefficient (Wildman–Crippen LogP) is -0.460. The van der Waals surface area contributed by atoms with Gasteiger partial charge in [-0.15, -0.1) is 0 Å². The number of carbonyl (C=O) groups excluding carboxylic acids is 2. The average molecular weight is 478 g/mol. The fourth-order valence-corrected chi connectivity index (χ4v) is 3.46. The molecule has 0 amide bonds. The largest absolute Gasteiger partial charge is 1.00 e. The van der Waals surface area contributed by atoms with E-state index in [-0.39, 0.29) is 54.6 Å². The minimum Gasteiger partial charge on any atom is -0.747 e. The molecule has 0 aliphatic heterocycles. The fourth-order valence-electron chi connectivity index (χ4n) is 2.81. The first-order valence-corrected chi connectivity index (χ1v) is 12.2. The minimum absolute atomic E-state index is 0. The third-order valence-electron chi connectivity index (χ3n) is 4.99. The molecule has 0 fully saturated rings. The van der Waals surface area contributed by atoms with Gasteiger partial charge in [0.25, 0.3) is 0 Å². The van der Waals surface area contributed by atoms with Crippen LogP contribution in [0.25, 0.3) is 0 Å². The second kappa shape index (κ2) is 21.6. The van der Waals surface area contributed by atoms with Crippen molar-refractivity contribution >= 4 is 22.1 Å². The molecule has 0 saturated heterocycles. The number of ether oxygens (including phenoxy) is 2.